The molecule has 32 heavy (non-hydrogen) atoms. The molecule has 0 unspecified atom stereocenters. The van der Waals surface area contributed by atoms with Crippen molar-refractivity contribution in [3.63, 3.8) is 0 Å². The minimum Gasteiger partial charge on any atom is -0.497 e. The monoisotopic (exact) mass is 452 g/mol. The van der Waals surface area contributed by atoms with Crippen LogP contribution >= 0.6 is 0 Å². The molecule has 0 spiro atoms. The highest BCUT2D eigenvalue weighted by molar-refractivity contribution is 7.91. The first kappa shape index (κ1) is 21.6. The topological polar surface area (TPSA) is 81.4 Å². The number of nitrogens with zero attached hydrogens (tertiary/aromatic N) is 1. The molecule has 4 rings (SSSR count). The minimum atomic E-state index is -4.05. The van der Waals surface area contributed by atoms with Gasteiger partial charge in [-0.25, -0.2) is 12.8 Å². The number of aryl methyl sites for hydroxylation is 1. The molecular weight excluding hydrogens is 431 g/mol. The number of aromatic nitrogens is 1. The van der Waals surface area contributed by atoms with Crippen LogP contribution in [0.2, 0.25) is 0 Å². The summed E-state index contributed by atoms with van der Waals surface area (Å²) in [6.45, 7) is 2.23. The van der Waals surface area contributed by atoms with Crippen LogP contribution in [0.1, 0.15) is 11.1 Å². The van der Waals surface area contributed by atoms with Crippen LogP contribution in [0.5, 0.6) is 5.75 Å². The van der Waals surface area contributed by atoms with Crippen LogP contribution in [0.3, 0.4) is 0 Å². The van der Waals surface area contributed by atoms with Gasteiger partial charge in [-0.3, -0.25) is 0 Å². The first-order valence-electron chi connectivity index (χ1n) is 9.82. The van der Waals surface area contributed by atoms with Crippen molar-refractivity contribution in [3.8, 4) is 17.2 Å². The fourth-order valence-electron chi connectivity index (χ4n) is 3.15. The summed E-state index contributed by atoms with van der Waals surface area (Å²) in [6, 6.07) is 19.4. The smallest absolute Gasteiger partial charge is 0.234 e. The lowest BCUT2D eigenvalue weighted by molar-refractivity contribution is 0.414. The number of oxazole rings is 1. The number of methoxy groups -OCH3 is 1. The highest BCUT2D eigenvalue weighted by Gasteiger charge is 2.28. The Morgan fingerprint density at radius 3 is 2.41 bits per heavy atom. The molecular formula is C24H21FN2O4S. The van der Waals surface area contributed by atoms with Gasteiger partial charge in [0.1, 0.15) is 11.6 Å². The fourth-order valence-corrected chi connectivity index (χ4v) is 4.43. The molecule has 4 aromatic rings. The molecule has 1 N–H and O–H groups in total. The summed E-state index contributed by atoms with van der Waals surface area (Å²) < 4.78 is 50.9. The molecule has 3 aromatic carbocycles. The lowest BCUT2D eigenvalue weighted by Gasteiger charge is -2.07. The third-order valence-electron chi connectivity index (χ3n) is 4.85. The van der Waals surface area contributed by atoms with Crippen LogP contribution in [0, 0.1) is 12.7 Å². The van der Waals surface area contributed by atoms with Crippen molar-refractivity contribution >= 4 is 15.7 Å². The Morgan fingerprint density at radius 1 is 1.03 bits per heavy atom. The number of sulfone groups is 1. The van der Waals surface area contributed by atoms with Crippen LogP contribution in [0.25, 0.3) is 11.5 Å². The van der Waals surface area contributed by atoms with E-state index in [1.165, 1.54) is 12.1 Å². The normalized spacial score (nSPS) is 11.3. The molecule has 0 aliphatic heterocycles. The van der Waals surface area contributed by atoms with Gasteiger partial charge in [-0.15, -0.1) is 0 Å². The third kappa shape index (κ3) is 4.50. The number of hydrogen-bond acceptors (Lipinski definition) is 6. The fraction of sp³-hybridized carbons (Fsp3) is 0.125. The highest BCUT2D eigenvalue weighted by atomic mass is 32.2. The average molecular weight is 453 g/mol. The third-order valence-corrected chi connectivity index (χ3v) is 6.53. The zero-order chi connectivity index (χ0) is 22.7. The van der Waals surface area contributed by atoms with E-state index < -0.39 is 15.7 Å². The molecule has 6 nitrogen and oxygen atoms in total. The molecule has 0 amide bonds. The van der Waals surface area contributed by atoms with Crippen molar-refractivity contribution in [1.29, 1.82) is 0 Å². The largest absolute Gasteiger partial charge is 0.497 e. The average Bonchev–Trinajstić information content (AvgIpc) is 3.24. The Kier molecular flexibility index (Phi) is 5.96. The van der Waals surface area contributed by atoms with Gasteiger partial charge in [0, 0.05) is 12.1 Å². The van der Waals surface area contributed by atoms with E-state index in [-0.39, 0.29) is 21.7 Å². The second-order valence-electron chi connectivity index (χ2n) is 7.18. The van der Waals surface area contributed by atoms with Crippen molar-refractivity contribution in [1.82, 2.24) is 4.98 Å². The minimum absolute atomic E-state index is 0.0154. The maximum Gasteiger partial charge on any atom is 0.234 e. The zero-order valence-corrected chi connectivity index (χ0v) is 18.3. The van der Waals surface area contributed by atoms with Crippen LogP contribution in [-0.2, 0) is 16.4 Å². The Labute approximate surface area is 185 Å². The van der Waals surface area contributed by atoms with Gasteiger partial charge in [-0.2, -0.15) is 4.98 Å². The molecule has 8 heteroatoms. The van der Waals surface area contributed by atoms with Gasteiger partial charge in [0.15, 0.2) is 0 Å². The first-order chi connectivity index (χ1) is 15.4. The Morgan fingerprint density at radius 2 is 1.75 bits per heavy atom. The predicted molar refractivity (Wildman–Crippen MR) is 119 cm³/mol. The second-order valence-corrected chi connectivity index (χ2v) is 9.05. The maximum absolute atomic E-state index is 13.3. The molecule has 0 fully saturated rings. The quantitative estimate of drug-likeness (QED) is 0.386. The van der Waals surface area contributed by atoms with Gasteiger partial charge in [0.2, 0.25) is 26.6 Å². The van der Waals surface area contributed by atoms with E-state index in [0.717, 1.165) is 29.0 Å². The van der Waals surface area contributed by atoms with E-state index in [9.17, 15) is 12.8 Å². The van der Waals surface area contributed by atoms with E-state index in [1.807, 2.05) is 49.4 Å². The summed E-state index contributed by atoms with van der Waals surface area (Å²) >= 11 is 0. The molecule has 1 heterocycles. The molecule has 0 aliphatic rings. The zero-order valence-electron chi connectivity index (χ0n) is 17.5. The van der Waals surface area contributed by atoms with Crippen molar-refractivity contribution in [3.05, 3.63) is 89.7 Å². The van der Waals surface area contributed by atoms with E-state index in [2.05, 4.69) is 10.3 Å². The maximum atomic E-state index is 13.3. The van der Waals surface area contributed by atoms with Crippen molar-refractivity contribution in [2.24, 2.45) is 0 Å². The lowest BCUT2D eigenvalue weighted by atomic mass is 10.1. The number of benzene rings is 3. The Balaban J connectivity index is 1.73. The molecule has 0 radical (unpaired) electrons. The van der Waals surface area contributed by atoms with Crippen molar-refractivity contribution in [2.75, 3.05) is 12.4 Å². The molecule has 164 valence electrons. The second kappa shape index (κ2) is 8.84. The van der Waals surface area contributed by atoms with Gasteiger partial charge in [0.25, 0.3) is 0 Å². The summed E-state index contributed by atoms with van der Waals surface area (Å²) in [6.07, 6.45) is 0. The van der Waals surface area contributed by atoms with E-state index >= 15 is 0 Å². The van der Waals surface area contributed by atoms with Crippen molar-refractivity contribution < 1.29 is 22.0 Å². The molecule has 0 bridgehead atoms. The van der Waals surface area contributed by atoms with Crippen LogP contribution in [-0.4, -0.2) is 20.5 Å². The summed E-state index contributed by atoms with van der Waals surface area (Å²) in [5.41, 5.74) is 2.53. The number of anilines is 1. The molecule has 1 aromatic heterocycles. The molecule has 0 atom stereocenters. The van der Waals surface area contributed by atoms with Gasteiger partial charge in [-0.1, -0.05) is 29.8 Å². The predicted octanol–water partition coefficient (Wildman–Crippen LogP) is 5.24. The molecule has 0 saturated carbocycles. The number of ether oxygens (including phenoxy) is 1. The van der Waals surface area contributed by atoms with Crippen LogP contribution in [0.4, 0.5) is 10.3 Å². The van der Waals surface area contributed by atoms with Crippen LogP contribution in [0.15, 0.2) is 87.1 Å². The number of rotatable bonds is 7. The van der Waals surface area contributed by atoms with Gasteiger partial charge in [-0.05, 0) is 61.0 Å². The Bertz CT molecular complexity index is 1330. The molecule has 0 aliphatic carbocycles. The van der Waals surface area contributed by atoms with Gasteiger partial charge < -0.3 is 14.5 Å². The summed E-state index contributed by atoms with van der Waals surface area (Å²) in [7, 11) is -2.47. The van der Waals surface area contributed by atoms with E-state index in [1.54, 1.807) is 13.2 Å². The number of hydrogen-bond donors (Lipinski definition) is 1. The summed E-state index contributed by atoms with van der Waals surface area (Å²) in [4.78, 5) is 4.23. The standard InChI is InChI=1S/C24H21FN2O4S/c1-16-4-3-5-18(14-16)22-27-24(32(28,29)21-12-8-19(25)9-13-21)23(31-22)26-15-17-6-10-20(30-2)11-7-17/h3-14,26H,15H2,1-2H3. The van der Waals surface area contributed by atoms with Gasteiger partial charge >= 0.3 is 0 Å². The van der Waals surface area contributed by atoms with Crippen molar-refractivity contribution in [2.45, 2.75) is 23.4 Å². The lowest BCUT2D eigenvalue weighted by Crippen LogP contribution is -2.07. The first-order valence-corrected chi connectivity index (χ1v) is 11.3. The molecule has 0 saturated heterocycles. The van der Waals surface area contributed by atoms with E-state index in [4.69, 9.17) is 9.15 Å². The highest BCUT2D eigenvalue weighted by Crippen LogP contribution is 2.33. The Hall–Kier alpha value is -3.65. The SMILES string of the molecule is COc1ccc(CNc2oc(-c3cccc(C)c3)nc2S(=O)(=O)c2ccc(F)cc2)cc1. The summed E-state index contributed by atoms with van der Waals surface area (Å²) in [5, 5.41) is 2.78. The summed E-state index contributed by atoms with van der Waals surface area (Å²) in [5.74, 6) is 0.380. The van der Waals surface area contributed by atoms with Gasteiger partial charge in [0.05, 0.1) is 12.0 Å². The number of nitrogens with one attached hydrogen (secondary N) is 1. The number of halogens is 1. The van der Waals surface area contributed by atoms with E-state index in [0.29, 0.717) is 12.1 Å². The van der Waals surface area contributed by atoms with Crippen LogP contribution < -0.4 is 10.1 Å².